The topological polar surface area (TPSA) is 74.8 Å². The smallest absolute Gasteiger partial charge is 0.246 e. The Morgan fingerprint density at radius 2 is 1.93 bits per heavy atom. The Bertz CT molecular complexity index is 662. The van der Waals surface area contributed by atoms with E-state index in [4.69, 9.17) is 4.74 Å². The Balaban J connectivity index is 0.00000420. The third-order valence-electron chi connectivity index (χ3n) is 4.68. The zero-order chi connectivity index (χ0) is 20.6. The Hall–Kier alpha value is -1.42. The largest absolute Gasteiger partial charge is 0.377 e. The van der Waals surface area contributed by atoms with E-state index in [-0.39, 0.29) is 53.8 Å². The molecule has 164 valence electrons. The molecule has 0 aromatic heterocycles. The van der Waals surface area contributed by atoms with Crippen LogP contribution in [0.5, 0.6) is 0 Å². The van der Waals surface area contributed by atoms with Crippen LogP contribution in [-0.4, -0.2) is 44.2 Å². The Morgan fingerprint density at radius 3 is 2.55 bits per heavy atom. The minimum absolute atomic E-state index is 0. The second-order valence-corrected chi connectivity index (χ2v) is 8.19. The van der Waals surface area contributed by atoms with Gasteiger partial charge in [0.2, 0.25) is 5.91 Å². The summed E-state index contributed by atoms with van der Waals surface area (Å²) >= 11 is 0. The van der Waals surface area contributed by atoms with E-state index in [9.17, 15) is 9.18 Å². The van der Waals surface area contributed by atoms with Crippen molar-refractivity contribution in [2.45, 2.75) is 46.6 Å². The van der Waals surface area contributed by atoms with Crippen LogP contribution in [0.15, 0.2) is 29.3 Å². The molecule has 1 aliphatic heterocycles. The molecule has 1 aromatic carbocycles. The van der Waals surface area contributed by atoms with Crippen molar-refractivity contribution in [2.75, 3.05) is 31.6 Å². The molecule has 1 fully saturated rings. The lowest BCUT2D eigenvalue weighted by Crippen LogP contribution is -2.47. The number of ether oxygens (including phenoxy) is 1. The Kier molecular flexibility index (Phi) is 10.9. The summed E-state index contributed by atoms with van der Waals surface area (Å²) in [6.45, 7) is 10.8. The fourth-order valence-electron chi connectivity index (χ4n) is 3.46. The molecule has 1 aromatic rings. The summed E-state index contributed by atoms with van der Waals surface area (Å²) in [7, 11) is 0. The van der Waals surface area contributed by atoms with Crippen LogP contribution in [0.4, 0.5) is 10.1 Å². The van der Waals surface area contributed by atoms with E-state index >= 15 is 0 Å². The van der Waals surface area contributed by atoms with Crippen LogP contribution >= 0.6 is 24.0 Å². The highest BCUT2D eigenvalue weighted by Crippen LogP contribution is 2.33. The minimum Gasteiger partial charge on any atom is -0.377 e. The minimum atomic E-state index is -0.338. The van der Waals surface area contributed by atoms with E-state index in [0.29, 0.717) is 24.1 Å². The summed E-state index contributed by atoms with van der Waals surface area (Å²) in [6.07, 6.45) is 2.37. The predicted molar refractivity (Wildman–Crippen MR) is 126 cm³/mol. The highest BCUT2D eigenvalue weighted by molar-refractivity contribution is 14.0. The molecule has 2 atom stereocenters. The fraction of sp³-hybridized carbons (Fsp3) is 0.619. The van der Waals surface area contributed by atoms with Gasteiger partial charge in [0.05, 0.1) is 6.10 Å². The number of hydrogen-bond acceptors (Lipinski definition) is 3. The first-order chi connectivity index (χ1) is 13.3. The highest BCUT2D eigenvalue weighted by atomic mass is 127. The lowest BCUT2D eigenvalue weighted by Gasteiger charge is -2.40. The molecule has 1 aliphatic rings. The number of hydrogen-bond donors (Lipinski definition) is 3. The van der Waals surface area contributed by atoms with E-state index < -0.39 is 0 Å². The molecule has 1 amide bonds. The predicted octanol–water partition coefficient (Wildman–Crippen LogP) is 3.78. The van der Waals surface area contributed by atoms with Gasteiger partial charge in [-0.05, 0) is 49.4 Å². The van der Waals surface area contributed by atoms with Crippen molar-refractivity contribution in [1.82, 2.24) is 10.6 Å². The zero-order valence-corrected chi connectivity index (χ0v) is 20.1. The molecule has 2 unspecified atom stereocenters. The third kappa shape index (κ3) is 8.86. The molecule has 6 nitrogen and oxygen atoms in total. The van der Waals surface area contributed by atoms with Crippen LogP contribution in [-0.2, 0) is 9.53 Å². The molecule has 8 heteroatoms. The molecular formula is C21H34FIN4O2. The quantitative estimate of drug-likeness (QED) is 0.303. The maximum absolute atomic E-state index is 12.9. The van der Waals surface area contributed by atoms with Crippen LogP contribution in [0.2, 0.25) is 0 Å². The standard InChI is InChI=1S/C21H33FN4O2.HI/c1-5-23-20(24-13-15-7-6-12-28-19(15)21(2,3)4)25-14-18(27)26-17-10-8-16(22)9-11-17;/h8-11,15,19H,5-7,12-14H2,1-4H3,(H,26,27)(H2,23,24,25);1H. The fourth-order valence-corrected chi connectivity index (χ4v) is 3.46. The maximum Gasteiger partial charge on any atom is 0.246 e. The lowest BCUT2D eigenvalue weighted by atomic mass is 9.78. The Labute approximate surface area is 190 Å². The summed E-state index contributed by atoms with van der Waals surface area (Å²) < 4.78 is 19.0. The van der Waals surface area contributed by atoms with Crippen LogP contribution in [0.1, 0.15) is 40.5 Å². The molecular weight excluding hydrogens is 486 g/mol. The summed E-state index contributed by atoms with van der Waals surface area (Å²) in [6, 6.07) is 5.66. The van der Waals surface area contributed by atoms with E-state index in [1.165, 1.54) is 24.3 Å². The first kappa shape index (κ1) is 25.6. The van der Waals surface area contributed by atoms with Gasteiger partial charge in [0, 0.05) is 31.3 Å². The molecule has 0 saturated carbocycles. The van der Waals surface area contributed by atoms with Gasteiger partial charge in [-0.3, -0.25) is 4.79 Å². The number of carbonyl (C=O) groups is 1. The average Bonchev–Trinajstić information content (AvgIpc) is 2.65. The van der Waals surface area contributed by atoms with Crippen molar-refractivity contribution in [2.24, 2.45) is 16.3 Å². The van der Waals surface area contributed by atoms with E-state index in [2.05, 4.69) is 41.7 Å². The van der Waals surface area contributed by atoms with E-state index in [1.807, 2.05) is 6.92 Å². The number of nitrogens with one attached hydrogen (secondary N) is 3. The number of anilines is 1. The summed E-state index contributed by atoms with van der Waals surface area (Å²) in [4.78, 5) is 16.5. The molecule has 0 radical (unpaired) electrons. The number of aliphatic imine (C=N–C) groups is 1. The van der Waals surface area contributed by atoms with Crippen LogP contribution in [0.25, 0.3) is 0 Å². The molecule has 2 rings (SSSR count). The summed E-state index contributed by atoms with van der Waals surface area (Å²) in [5, 5.41) is 9.23. The van der Waals surface area contributed by atoms with Crippen molar-refractivity contribution >= 4 is 41.5 Å². The number of nitrogens with zero attached hydrogens (tertiary/aromatic N) is 1. The molecule has 0 bridgehead atoms. The Morgan fingerprint density at radius 1 is 1.24 bits per heavy atom. The van der Waals surface area contributed by atoms with E-state index in [0.717, 1.165) is 26.0 Å². The van der Waals surface area contributed by atoms with Gasteiger partial charge < -0.3 is 20.7 Å². The second-order valence-electron chi connectivity index (χ2n) is 8.19. The highest BCUT2D eigenvalue weighted by Gasteiger charge is 2.35. The number of rotatable bonds is 6. The number of benzene rings is 1. The van der Waals surface area contributed by atoms with Crippen molar-refractivity contribution < 1.29 is 13.9 Å². The van der Waals surface area contributed by atoms with Gasteiger partial charge in [-0.1, -0.05) is 20.8 Å². The summed E-state index contributed by atoms with van der Waals surface area (Å²) in [5.74, 6) is 0.410. The van der Waals surface area contributed by atoms with Crippen molar-refractivity contribution in [3.8, 4) is 0 Å². The van der Waals surface area contributed by atoms with Gasteiger partial charge in [0.25, 0.3) is 0 Å². The second kappa shape index (κ2) is 12.3. The third-order valence-corrected chi connectivity index (χ3v) is 4.68. The first-order valence-corrected chi connectivity index (χ1v) is 9.98. The number of carbonyl (C=O) groups excluding carboxylic acids is 1. The van der Waals surface area contributed by atoms with Crippen molar-refractivity contribution in [3.05, 3.63) is 30.1 Å². The zero-order valence-electron chi connectivity index (χ0n) is 17.8. The lowest BCUT2D eigenvalue weighted by molar-refractivity contribution is -0.114. The van der Waals surface area contributed by atoms with Gasteiger partial charge in [-0.25, -0.2) is 9.38 Å². The van der Waals surface area contributed by atoms with Crippen molar-refractivity contribution in [3.63, 3.8) is 0 Å². The molecule has 1 heterocycles. The van der Waals surface area contributed by atoms with Gasteiger partial charge in [0.15, 0.2) is 5.96 Å². The van der Waals surface area contributed by atoms with Gasteiger partial charge in [-0.15, -0.1) is 24.0 Å². The first-order valence-electron chi connectivity index (χ1n) is 9.98. The number of guanidine groups is 1. The van der Waals surface area contributed by atoms with E-state index in [1.54, 1.807) is 0 Å². The monoisotopic (exact) mass is 520 g/mol. The molecule has 3 N–H and O–H groups in total. The van der Waals surface area contributed by atoms with Gasteiger partial charge >= 0.3 is 0 Å². The van der Waals surface area contributed by atoms with Gasteiger partial charge in [-0.2, -0.15) is 0 Å². The van der Waals surface area contributed by atoms with Crippen LogP contribution in [0.3, 0.4) is 0 Å². The number of amides is 1. The normalized spacial score (nSPS) is 19.8. The van der Waals surface area contributed by atoms with Gasteiger partial charge in [0.1, 0.15) is 12.4 Å². The van der Waals surface area contributed by atoms with Crippen LogP contribution in [0, 0.1) is 17.2 Å². The van der Waals surface area contributed by atoms with Crippen LogP contribution < -0.4 is 16.0 Å². The number of halogens is 2. The summed E-state index contributed by atoms with van der Waals surface area (Å²) in [5.41, 5.74) is 0.629. The molecule has 0 spiro atoms. The van der Waals surface area contributed by atoms with Crippen molar-refractivity contribution in [1.29, 1.82) is 0 Å². The molecule has 0 aliphatic carbocycles. The molecule has 1 saturated heterocycles. The maximum atomic E-state index is 12.9. The SMILES string of the molecule is CCNC(=NCC(=O)Nc1ccc(F)cc1)NCC1CCCOC1C(C)(C)C.I. The average molecular weight is 520 g/mol. The molecule has 29 heavy (non-hydrogen) atoms.